The van der Waals surface area contributed by atoms with Crippen molar-refractivity contribution in [2.75, 3.05) is 5.32 Å². The maximum absolute atomic E-state index is 12.7. The van der Waals surface area contributed by atoms with Crippen molar-refractivity contribution in [2.45, 2.75) is 37.7 Å². The van der Waals surface area contributed by atoms with Crippen molar-refractivity contribution < 1.29 is 18.8 Å². The molecular weight excluding hydrogens is 426 g/mol. The predicted octanol–water partition coefficient (Wildman–Crippen LogP) is 4.82. The molecule has 0 bridgehead atoms. The third kappa shape index (κ3) is 5.40. The van der Waals surface area contributed by atoms with Gasteiger partial charge in [0.25, 0.3) is 5.91 Å². The molecule has 156 valence electrons. The van der Waals surface area contributed by atoms with Gasteiger partial charge < -0.3 is 14.6 Å². The predicted molar refractivity (Wildman–Crippen MR) is 115 cm³/mol. The Morgan fingerprint density at radius 3 is 2.63 bits per heavy atom. The van der Waals surface area contributed by atoms with Crippen LogP contribution in [0.15, 0.2) is 52.1 Å². The van der Waals surface area contributed by atoms with E-state index in [2.05, 4.69) is 15.5 Å². The lowest BCUT2D eigenvalue weighted by molar-refractivity contribution is -0.123. The Morgan fingerprint density at radius 2 is 1.97 bits per heavy atom. The van der Waals surface area contributed by atoms with Crippen molar-refractivity contribution in [1.29, 1.82) is 0 Å². The molecule has 3 rings (SSSR count). The van der Waals surface area contributed by atoms with E-state index in [-0.39, 0.29) is 0 Å². The highest BCUT2D eigenvalue weighted by Gasteiger charge is 2.22. The molecule has 1 N–H and O–H groups in total. The molecule has 7 nitrogen and oxygen atoms in total. The second-order valence-corrected chi connectivity index (χ2v) is 7.89. The van der Waals surface area contributed by atoms with Gasteiger partial charge in [-0.15, -0.1) is 11.8 Å². The largest absolute Gasteiger partial charge is 0.449 e. The summed E-state index contributed by atoms with van der Waals surface area (Å²) in [5.74, 6) is 0.209. The van der Waals surface area contributed by atoms with E-state index in [9.17, 15) is 9.59 Å². The Morgan fingerprint density at radius 1 is 1.23 bits per heavy atom. The number of aromatic nitrogens is 2. The minimum absolute atomic E-state index is 0.292. The molecule has 2 heterocycles. The van der Waals surface area contributed by atoms with Gasteiger partial charge >= 0.3 is 5.97 Å². The molecule has 0 radical (unpaired) electrons. The SMILES string of the molecule is Cc1noc(C)c1CSc1ncccc1C(=O)OC(C)C(=O)Nc1ccc(Cl)cc1. The fourth-order valence-corrected chi connectivity index (χ4v) is 3.83. The maximum Gasteiger partial charge on any atom is 0.341 e. The van der Waals surface area contributed by atoms with Crippen molar-refractivity contribution in [3.63, 3.8) is 0 Å². The average Bonchev–Trinajstić information content (AvgIpc) is 3.05. The number of hydrogen-bond acceptors (Lipinski definition) is 7. The van der Waals surface area contributed by atoms with Crippen molar-refractivity contribution in [1.82, 2.24) is 10.1 Å². The molecule has 1 aromatic carbocycles. The summed E-state index contributed by atoms with van der Waals surface area (Å²) in [6.45, 7) is 5.21. The van der Waals surface area contributed by atoms with Crippen LogP contribution in [0.2, 0.25) is 5.02 Å². The van der Waals surface area contributed by atoms with Gasteiger partial charge in [-0.25, -0.2) is 9.78 Å². The molecule has 0 saturated carbocycles. The molecule has 0 aliphatic rings. The van der Waals surface area contributed by atoms with Crippen molar-refractivity contribution in [2.24, 2.45) is 0 Å². The summed E-state index contributed by atoms with van der Waals surface area (Å²) in [6, 6.07) is 9.92. The van der Waals surface area contributed by atoms with E-state index >= 15 is 0 Å². The van der Waals surface area contributed by atoms with Gasteiger partial charge in [0.05, 0.1) is 11.3 Å². The Balaban J connectivity index is 1.64. The van der Waals surface area contributed by atoms with Crippen LogP contribution in [0.25, 0.3) is 0 Å². The van der Waals surface area contributed by atoms with E-state index in [4.69, 9.17) is 20.9 Å². The molecule has 0 aliphatic heterocycles. The van der Waals surface area contributed by atoms with Gasteiger partial charge in [-0.3, -0.25) is 4.79 Å². The number of rotatable bonds is 7. The molecule has 1 unspecified atom stereocenters. The number of aryl methyl sites for hydroxylation is 2. The number of hydrogen-bond donors (Lipinski definition) is 1. The lowest BCUT2D eigenvalue weighted by atomic mass is 10.2. The summed E-state index contributed by atoms with van der Waals surface area (Å²) in [6.07, 6.45) is 0.608. The molecule has 9 heteroatoms. The topological polar surface area (TPSA) is 94.3 Å². The van der Waals surface area contributed by atoms with E-state index in [0.717, 1.165) is 17.0 Å². The molecule has 30 heavy (non-hydrogen) atoms. The highest BCUT2D eigenvalue weighted by Crippen LogP contribution is 2.27. The van der Waals surface area contributed by atoms with Crippen LogP contribution in [-0.4, -0.2) is 28.1 Å². The molecule has 0 saturated heterocycles. The van der Waals surface area contributed by atoms with Crippen LogP contribution in [-0.2, 0) is 15.3 Å². The highest BCUT2D eigenvalue weighted by atomic mass is 35.5. The first-order valence-electron chi connectivity index (χ1n) is 9.12. The van der Waals surface area contributed by atoms with E-state index in [1.165, 1.54) is 18.7 Å². The normalized spacial score (nSPS) is 11.7. The van der Waals surface area contributed by atoms with E-state index in [1.54, 1.807) is 42.6 Å². The minimum Gasteiger partial charge on any atom is -0.449 e. The quantitative estimate of drug-likeness (QED) is 0.411. The standard InChI is InChI=1S/C21H20ClN3O4S/c1-12-18(13(2)29-25-12)11-30-20-17(5-4-10-23-20)21(27)28-14(3)19(26)24-16-8-6-15(22)7-9-16/h4-10,14H,11H2,1-3H3,(H,24,26). The van der Waals surface area contributed by atoms with Crippen molar-refractivity contribution >= 4 is 40.9 Å². The second-order valence-electron chi connectivity index (χ2n) is 6.49. The van der Waals surface area contributed by atoms with Crippen molar-refractivity contribution in [3.05, 3.63) is 70.2 Å². The van der Waals surface area contributed by atoms with Gasteiger partial charge in [-0.05, 0) is 57.2 Å². The Kier molecular flexibility index (Phi) is 7.12. The number of ether oxygens (including phenoxy) is 1. The number of benzene rings is 1. The molecule has 0 spiro atoms. The van der Waals surface area contributed by atoms with Gasteiger partial charge in [-0.2, -0.15) is 0 Å². The monoisotopic (exact) mass is 445 g/mol. The van der Waals surface area contributed by atoms with Crippen molar-refractivity contribution in [3.8, 4) is 0 Å². The zero-order valence-corrected chi connectivity index (χ0v) is 18.2. The number of thioether (sulfide) groups is 1. The van der Waals surface area contributed by atoms with Crippen LogP contribution in [0.5, 0.6) is 0 Å². The van der Waals surface area contributed by atoms with Crippen LogP contribution < -0.4 is 5.32 Å². The zero-order chi connectivity index (χ0) is 21.7. The number of carbonyl (C=O) groups is 2. The minimum atomic E-state index is -0.992. The smallest absolute Gasteiger partial charge is 0.341 e. The van der Waals surface area contributed by atoms with Gasteiger partial charge in [0.15, 0.2) is 6.10 Å². The van der Waals surface area contributed by atoms with Gasteiger partial charge in [-0.1, -0.05) is 16.8 Å². The highest BCUT2D eigenvalue weighted by molar-refractivity contribution is 7.98. The number of nitrogens with zero attached hydrogens (tertiary/aromatic N) is 2. The summed E-state index contributed by atoms with van der Waals surface area (Å²) in [5, 5.41) is 7.68. The lowest BCUT2D eigenvalue weighted by Gasteiger charge is -2.14. The summed E-state index contributed by atoms with van der Waals surface area (Å²) >= 11 is 7.21. The maximum atomic E-state index is 12.7. The van der Waals surface area contributed by atoms with E-state index in [0.29, 0.717) is 27.1 Å². The number of amides is 1. The van der Waals surface area contributed by atoms with Gasteiger partial charge in [0.2, 0.25) is 0 Å². The fourth-order valence-electron chi connectivity index (χ4n) is 2.56. The Bertz CT molecular complexity index is 1030. The first-order valence-corrected chi connectivity index (χ1v) is 10.5. The van der Waals surface area contributed by atoms with Crippen LogP contribution >= 0.6 is 23.4 Å². The molecule has 3 aromatic rings. The number of carbonyl (C=O) groups excluding carboxylic acids is 2. The zero-order valence-electron chi connectivity index (χ0n) is 16.6. The fraction of sp³-hybridized carbons (Fsp3) is 0.238. The van der Waals surface area contributed by atoms with Crippen LogP contribution in [0.1, 0.15) is 34.3 Å². The summed E-state index contributed by atoms with van der Waals surface area (Å²) < 4.78 is 10.5. The lowest BCUT2D eigenvalue weighted by Crippen LogP contribution is -2.30. The third-order valence-corrected chi connectivity index (χ3v) is 5.57. The summed E-state index contributed by atoms with van der Waals surface area (Å²) in [5.41, 5.74) is 2.61. The molecule has 1 amide bonds. The molecule has 0 fully saturated rings. The Hall–Kier alpha value is -2.84. The number of nitrogens with one attached hydrogen (secondary N) is 1. The van der Waals surface area contributed by atoms with E-state index in [1.807, 2.05) is 13.8 Å². The molecule has 1 atom stereocenters. The number of pyridine rings is 1. The summed E-state index contributed by atoms with van der Waals surface area (Å²) in [7, 11) is 0. The molecule has 2 aromatic heterocycles. The third-order valence-electron chi connectivity index (χ3n) is 4.29. The summed E-state index contributed by atoms with van der Waals surface area (Å²) in [4.78, 5) is 29.3. The van der Waals surface area contributed by atoms with Gasteiger partial charge in [0.1, 0.15) is 10.8 Å². The number of halogens is 1. The van der Waals surface area contributed by atoms with E-state index < -0.39 is 18.0 Å². The molecule has 0 aliphatic carbocycles. The van der Waals surface area contributed by atoms with Crippen LogP contribution in [0.3, 0.4) is 0 Å². The average molecular weight is 446 g/mol. The Labute approximate surface area is 183 Å². The first-order chi connectivity index (χ1) is 14.3. The number of anilines is 1. The van der Waals surface area contributed by atoms with Gasteiger partial charge in [0, 0.05) is 28.2 Å². The molecular formula is C21H20ClN3O4S. The van der Waals surface area contributed by atoms with Crippen LogP contribution in [0, 0.1) is 13.8 Å². The second kappa shape index (κ2) is 9.77. The first kappa shape index (κ1) is 21.9. The number of esters is 1. The van der Waals surface area contributed by atoms with Crippen LogP contribution in [0.4, 0.5) is 5.69 Å².